The average molecular weight is 490 g/mol. The molecule has 200 valence electrons. The zero-order valence-corrected chi connectivity index (χ0v) is 24.2. The Kier molecular flexibility index (Phi) is 17.0. The van der Waals surface area contributed by atoms with Crippen LogP contribution < -0.4 is 18.9 Å². The van der Waals surface area contributed by atoms with Crippen LogP contribution in [-0.4, -0.2) is 54.9 Å². The summed E-state index contributed by atoms with van der Waals surface area (Å²) < 4.78 is 23.6. The fourth-order valence-corrected chi connectivity index (χ4v) is 4.31. The van der Waals surface area contributed by atoms with Crippen molar-refractivity contribution in [2.24, 2.45) is 5.92 Å². The third kappa shape index (κ3) is 15.5. The van der Waals surface area contributed by atoms with Gasteiger partial charge in [-0.15, -0.1) is 18.7 Å². The van der Waals surface area contributed by atoms with E-state index in [2.05, 4.69) is 39.6 Å². The summed E-state index contributed by atoms with van der Waals surface area (Å²) in [6.45, 7) is 20.9. The second-order valence-electron chi connectivity index (χ2n) is 11.5. The van der Waals surface area contributed by atoms with Crippen molar-refractivity contribution in [2.75, 3.05) is 13.2 Å². The molecule has 2 fully saturated rings. The Balaban J connectivity index is 0.00000126. The van der Waals surface area contributed by atoms with Gasteiger partial charge in [-0.25, -0.2) is 4.79 Å². The maximum atomic E-state index is 12.6. The molecule has 0 aromatic rings. The number of hydrogen-bond donors (Lipinski definition) is 0. The largest absolute Gasteiger partial charge is 1.00 e. The maximum Gasteiger partial charge on any atom is 1.00 e. The molecule has 2 unspecified atom stereocenters. The van der Waals surface area contributed by atoms with Crippen molar-refractivity contribution in [2.45, 2.75) is 142 Å². The van der Waals surface area contributed by atoms with Gasteiger partial charge in [-0.2, -0.15) is 0 Å². The Bertz CT molecular complexity index is 580. The molecule has 2 rings (SSSR count). The first kappa shape index (κ1) is 34.6. The van der Waals surface area contributed by atoms with E-state index in [1.54, 1.807) is 13.0 Å². The van der Waals surface area contributed by atoms with E-state index >= 15 is 0 Å². The van der Waals surface area contributed by atoms with E-state index < -0.39 is 11.2 Å². The molecule has 0 aromatic heterocycles. The Morgan fingerprint density at radius 2 is 1.71 bits per heavy atom. The third-order valence-corrected chi connectivity index (χ3v) is 5.82. The zero-order valence-electron chi connectivity index (χ0n) is 24.2. The average Bonchev–Trinajstić information content (AvgIpc) is 2.72. The molecule has 2 aliphatic rings. The number of carbonyl (C=O) groups excluding carboxylic acids is 1. The van der Waals surface area contributed by atoms with Gasteiger partial charge < -0.3 is 24.3 Å². The minimum Gasteiger partial charge on any atom is -0.658 e. The summed E-state index contributed by atoms with van der Waals surface area (Å²) in [7, 11) is 0. The molecule has 1 saturated carbocycles. The van der Waals surface area contributed by atoms with Crippen molar-refractivity contribution in [3.05, 3.63) is 18.0 Å². The molecule has 1 aliphatic carbocycles. The van der Waals surface area contributed by atoms with Gasteiger partial charge in [-0.1, -0.05) is 40.2 Å². The minimum atomic E-state index is -0.991. The molecule has 1 aliphatic heterocycles. The summed E-state index contributed by atoms with van der Waals surface area (Å²) in [4.78, 5) is 12.6. The predicted molar refractivity (Wildman–Crippen MR) is 139 cm³/mol. The van der Waals surface area contributed by atoms with Crippen molar-refractivity contribution < 1.29 is 42.6 Å². The zero-order chi connectivity index (χ0) is 25.8. The monoisotopic (exact) mass is 489 g/mol. The second-order valence-corrected chi connectivity index (χ2v) is 11.5. The molecule has 0 radical (unpaired) electrons. The van der Waals surface area contributed by atoms with Crippen LogP contribution in [0.1, 0.15) is 107 Å². The van der Waals surface area contributed by atoms with Crippen LogP contribution in [0, 0.1) is 5.92 Å². The SMILES string of the molecule is C=CCC(C)(OC[C@@H]1CCC[C@H](OC2CCCCO2)C1)C(=O)OC(C)(C)C.CC(C)[N-]C(C)C.[Li+]. The molecule has 35 heavy (non-hydrogen) atoms. The Labute approximate surface area is 227 Å². The first-order valence-electron chi connectivity index (χ1n) is 13.3. The molecule has 0 bridgehead atoms. The predicted octanol–water partition coefficient (Wildman–Crippen LogP) is 3.96. The number of nitrogens with zero attached hydrogens (tertiary/aromatic N) is 1. The van der Waals surface area contributed by atoms with Gasteiger partial charge in [-0.05, 0) is 72.1 Å². The molecule has 0 amide bonds. The number of ether oxygens (including phenoxy) is 4. The molecule has 7 heteroatoms. The Morgan fingerprint density at radius 1 is 1.06 bits per heavy atom. The van der Waals surface area contributed by atoms with Crippen LogP contribution in [0.3, 0.4) is 0 Å². The minimum absolute atomic E-state index is 0. The molecular formula is C28H52LiNO5. The summed E-state index contributed by atoms with van der Waals surface area (Å²) in [5, 5.41) is 4.28. The van der Waals surface area contributed by atoms with Crippen LogP contribution in [0.4, 0.5) is 0 Å². The van der Waals surface area contributed by atoms with Gasteiger partial charge in [0.2, 0.25) is 0 Å². The standard InChI is InChI=1S/C22H38O5.C6H14N.Li/c1-6-13-22(5,20(23)27-21(2,3)4)25-16-17-10-9-11-18(15-17)26-19-12-7-8-14-24-19;1-5(2)7-6(3)4;/h6,17-19H,1,7-16H2,2-5H3;5-6H,1-4H3;/q;-1;+1/t17-,18+,19?,22?;;/m1../s1. The molecule has 0 N–H and O–H groups in total. The molecule has 4 atom stereocenters. The van der Waals surface area contributed by atoms with Crippen molar-refractivity contribution in [1.82, 2.24) is 0 Å². The number of rotatable bonds is 10. The fourth-order valence-electron chi connectivity index (χ4n) is 4.31. The van der Waals surface area contributed by atoms with Gasteiger partial charge in [0.1, 0.15) is 5.60 Å². The van der Waals surface area contributed by atoms with Crippen molar-refractivity contribution in [1.29, 1.82) is 0 Å². The summed E-state index contributed by atoms with van der Waals surface area (Å²) in [6.07, 6.45) is 9.89. The first-order chi connectivity index (χ1) is 15.8. The Hall–Kier alpha value is -0.353. The van der Waals surface area contributed by atoms with E-state index in [1.807, 2.05) is 20.8 Å². The van der Waals surface area contributed by atoms with Gasteiger partial charge >= 0.3 is 24.8 Å². The number of hydrogen-bond acceptors (Lipinski definition) is 5. The third-order valence-electron chi connectivity index (χ3n) is 5.82. The van der Waals surface area contributed by atoms with Gasteiger partial charge in [0.25, 0.3) is 0 Å². The molecule has 0 spiro atoms. The molecule has 0 aromatic carbocycles. The van der Waals surface area contributed by atoms with E-state index in [1.165, 1.54) is 6.42 Å². The molecule has 1 saturated heterocycles. The normalized spacial score (nSPS) is 24.6. The second kappa shape index (κ2) is 17.2. The first-order valence-corrected chi connectivity index (χ1v) is 13.3. The van der Waals surface area contributed by atoms with Crippen molar-refractivity contribution in [3.8, 4) is 0 Å². The van der Waals surface area contributed by atoms with Crippen LogP contribution >= 0.6 is 0 Å². The Morgan fingerprint density at radius 3 is 2.20 bits per heavy atom. The summed E-state index contributed by atoms with van der Waals surface area (Å²) >= 11 is 0. The van der Waals surface area contributed by atoms with E-state index in [0.29, 0.717) is 31.0 Å². The molecular weight excluding hydrogens is 437 g/mol. The van der Waals surface area contributed by atoms with E-state index in [0.717, 1.165) is 45.1 Å². The smallest absolute Gasteiger partial charge is 0.658 e. The summed E-state index contributed by atoms with van der Waals surface area (Å²) in [5.74, 6) is 0.0630. The van der Waals surface area contributed by atoms with Crippen LogP contribution in [-0.2, 0) is 23.7 Å². The van der Waals surface area contributed by atoms with Crippen molar-refractivity contribution in [3.63, 3.8) is 0 Å². The van der Waals surface area contributed by atoms with Crippen LogP contribution in [0.15, 0.2) is 12.7 Å². The van der Waals surface area contributed by atoms with Crippen molar-refractivity contribution >= 4 is 5.97 Å². The van der Waals surface area contributed by atoms with Gasteiger partial charge in [0.05, 0.1) is 12.7 Å². The number of carbonyl (C=O) groups is 1. The quantitative estimate of drug-likeness (QED) is 0.264. The summed E-state index contributed by atoms with van der Waals surface area (Å²) in [5.41, 5.74) is -1.53. The van der Waals surface area contributed by atoms with Gasteiger partial charge in [0, 0.05) is 13.0 Å². The maximum absolute atomic E-state index is 12.6. The van der Waals surface area contributed by atoms with E-state index in [4.69, 9.17) is 18.9 Å². The molecule has 6 nitrogen and oxygen atoms in total. The van der Waals surface area contributed by atoms with Crippen LogP contribution in [0.5, 0.6) is 0 Å². The van der Waals surface area contributed by atoms with E-state index in [9.17, 15) is 4.79 Å². The van der Waals surface area contributed by atoms with Gasteiger partial charge in [-0.3, -0.25) is 0 Å². The van der Waals surface area contributed by atoms with Gasteiger partial charge in [0.15, 0.2) is 11.9 Å². The topological polar surface area (TPSA) is 68.1 Å². The van der Waals surface area contributed by atoms with E-state index in [-0.39, 0.29) is 37.2 Å². The summed E-state index contributed by atoms with van der Waals surface area (Å²) in [6, 6.07) is 1.000. The van der Waals surface area contributed by atoms with Crippen LogP contribution in [0.2, 0.25) is 0 Å². The molecule has 1 heterocycles. The van der Waals surface area contributed by atoms with Crippen LogP contribution in [0.25, 0.3) is 5.32 Å². The fraction of sp³-hybridized carbons (Fsp3) is 0.893. The number of esters is 1.